The number of imidazole rings is 1. The highest BCUT2D eigenvalue weighted by Crippen LogP contribution is 2.26. The molecular formula is C29H31N7O2. The summed E-state index contributed by atoms with van der Waals surface area (Å²) in [4.78, 5) is 32.8. The summed E-state index contributed by atoms with van der Waals surface area (Å²) in [5.41, 5.74) is 3.40. The van der Waals surface area contributed by atoms with Crippen LogP contribution in [0.3, 0.4) is 0 Å². The van der Waals surface area contributed by atoms with E-state index in [-0.39, 0.29) is 17.9 Å². The second kappa shape index (κ2) is 11.6. The van der Waals surface area contributed by atoms with Crippen molar-refractivity contribution in [3.05, 3.63) is 90.6 Å². The summed E-state index contributed by atoms with van der Waals surface area (Å²) in [5, 5.41) is 14.8. The lowest BCUT2D eigenvalue weighted by Gasteiger charge is -2.17. The van der Waals surface area contributed by atoms with Crippen molar-refractivity contribution in [1.29, 1.82) is 0 Å². The first-order valence-electron chi connectivity index (χ1n) is 12.8. The van der Waals surface area contributed by atoms with E-state index in [1.165, 1.54) is 5.39 Å². The number of hydrogen-bond acceptors (Lipinski definition) is 4. The Kier molecular flexibility index (Phi) is 7.63. The molecule has 0 radical (unpaired) electrons. The van der Waals surface area contributed by atoms with Crippen LogP contribution in [-0.2, 0) is 4.79 Å². The Hall–Kier alpha value is -4.66. The molecule has 1 atom stereocenters. The summed E-state index contributed by atoms with van der Waals surface area (Å²) in [6.07, 6.45) is 7.24. The van der Waals surface area contributed by atoms with Crippen LogP contribution in [0.15, 0.2) is 79.3 Å². The number of amides is 2. The van der Waals surface area contributed by atoms with Crippen molar-refractivity contribution in [2.75, 3.05) is 7.05 Å². The van der Waals surface area contributed by atoms with E-state index in [1.54, 1.807) is 30.2 Å². The molecule has 0 fully saturated rings. The van der Waals surface area contributed by atoms with Crippen molar-refractivity contribution in [3.8, 4) is 16.9 Å². The third-order valence-electron chi connectivity index (χ3n) is 6.71. The standard InChI is InChI=1S/C29H31N7O2/c1-30-27(37)10-4-2-3-9-25(34-29(38)21-13-15-24(16-14-21)36-19-32-35-36)28-31-18-26(33-28)23-12-11-20-7-5-6-8-22(20)17-23/h5-8,11-19,25,35H,2-4,9-10H2,1H3,(H,30,37)(H,31,33)(H,34,38)/t25-/m0/s1. The molecule has 194 valence electrons. The summed E-state index contributed by atoms with van der Waals surface area (Å²) in [6, 6.07) is 21.6. The number of H-pyrrole nitrogens is 2. The quantitative estimate of drug-likeness (QED) is 0.189. The van der Waals surface area contributed by atoms with Gasteiger partial charge in [-0.05, 0) is 53.9 Å². The molecule has 2 aromatic heterocycles. The highest BCUT2D eigenvalue weighted by atomic mass is 16.2. The molecule has 9 nitrogen and oxygen atoms in total. The number of fused-ring (bicyclic) bond motifs is 1. The number of nitrogens with zero attached hydrogens (tertiary/aromatic N) is 3. The molecule has 3 aromatic carbocycles. The summed E-state index contributed by atoms with van der Waals surface area (Å²) in [5.74, 6) is 0.593. The van der Waals surface area contributed by atoms with Crippen LogP contribution in [0.25, 0.3) is 27.7 Å². The van der Waals surface area contributed by atoms with Gasteiger partial charge in [-0.15, -0.1) is 5.10 Å². The molecule has 0 aliphatic carbocycles. The fourth-order valence-electron chi connectivity index (χ4n) is 4.49. The summed E-state index contributed by atoms with van der Waals surface area (Å²) >= 11 is 0. The van der Waals surface area contributed by atoms with Crippen LogP contribution in [0.2, 0.25) is 0 Å². The van der Waals surface area contributed by atoms with E-state index in [0.29, 0.717) is 24.2 Å². The van der Waals surface area contributed by atoms with E-state index in [9.17, 15) is 9.59 Å². The van der Waals surface area contributed by atoms with Gasteiger partial charge in [-0.2, -0.15) is 0 Å². The van der Waals surface area contributed by atoms with Gasteiger partial charge in [0.2, 0.25) is 5.91 Å². The molecule has 0 aliphatic heterocycles. The van der Waals surface area contributed by atoms with Gasteiger partial charge >= 0.3 is 0 Å². The molecule has 2 amide bonds. The van der Waals surface area contributed by atoms with E-state index in [4.69, 9.17) is 0 Å². The molecule has 4 N–H and O–H groups in total. The van der Waals surface area contributed by atoms with Gasteiger partial charge < -0.3 is 15.6 Å². The van der Waals surface area contributed by atoms with Crippen LogP contribution < -0.4 is 10.6 Å². The van der Waals surface area contributed by atoms with Gasteiger partial charge in [0.15, 0.2) is 0 Å². The fourth-order valence-corrected chi connectivity index (χ4v) is 4.49. The monoisotopic (exact) mass is 509 g/mol. The maximum Gasteiger partial charge on any atom is 0.251 e. The average molecular weight is 510 g/mol. The maximum atomic E-state index is 13.2. The molecule has 5 aromatic rings. The van der Waals surface area contributed by atoms with Crippen molar-refractivity contribution < 1.29 is 9.59 Å². The zero-order valence-electron chi connectivity index (χ0n) is 21.3. The third kappa shape index (κ3) is 5.83. The number of rotatable bonds is 11. The average Bonchev–Trinajstić information content (AvgIpc) is 3.41. The highest BCUT2D eigenvalue weighted by Gasteiger charge is 2.19. The van der Waals surface area contributed by atoms with Crippen molar-refractivity contribution >= 4 is 22.6 Å². The number of benzene rings is 3. The fraction of sp³-hybridized carbons (Fsp3) is 0.241. The van der Waals surface area contributed by atoms with Crippen molar-refractivity contribution in [2.45, 2.75) is 38.1 Å². The molecule has 0 bridgehead atoms. The predicted molar refractivity (Wildman–Crippen MR) is 147 cm³/mol. The van der Waals surface area contributed by atoms with E-state index < -0.39 is 0 Å². The van der Waals surface area contributed by atoms with Gasteiger partial charge in [-0.3, -0.25) is 9.59 Å². The van der Waals surface area contributed by atoms with E-state index >= 15 is 0 Å². The van der Waals surface area contributed by atoms with Gasteiger partial charge in [-0.1, -0.05) is 49.2 Å². The number of aromatic nitrogens is 5. The number of carbonyl (C=O) groups is 2. The minimum Gasteiger partial charge on any atom is -0.359 e. The predicted octanol–water partition coefficient (Wildman–Crippen LogP) is 4.91. The van der Waals surface area contributed by atoms with Crippen LogP contribution in [0, 0.1) is 0 Å². The molecular weight excluding hydrogens is 478 g/mol. The molecule has 0 unspecified atom stereocenters. The Morgan fingerprint density at radius 3 is 2.50 bits per heavy atom. The van der Waals surface area contributed by atoms with Crippen molar-refractivity contribution in [1.82, 2.24) is 35.6 Å². The first-order valence-corrected chi connectivity index (χ1v) is 12.8. The first-order chi connectivity index (χ1) is 18.6. The van der Waals surface area contributed by atoms with Gasteiger partial charge in [0.1, 0.15) is 12.2 Å². The van der Waals surface area contributed by atoms with Gasteiger partial charge in [0.25, 0.3) is 5.91 Å². The lowest BCUT2D eigenvalue weighted by atomic mass is 10.0. The maximum absolute atomic E-state index is 13.2. The summed E-state index contributed by atoms with van der Waals surface area (Å²) in [6.45, 7) is 0. The number of unbranched alkanes of at least 4 members (excludes halogenated alkanes) is 2. The number of hydrogen-bond donors (Lipinski definition) is 4. The minimum atomic E-state index is -0.291. The molecule has 38 heavy (non-hydrogen) atoms. The van der Waals surface area contributed by atoms with Crippen LogP contribution in [0.1, 0.15) is 54.3 Å². The Bertz CT molecular complexity index is 1500. The second-order valence-electron chi connectivity index (χ2n) is 9.30. The Morgan fingerprint density at radius 1 is 0.974 bits per heavy atom. The Labute approximate surface area is 220 Å². The molecule has 5 rings (SSSR count). The van der Waals surface area contributed by atoms with Crippen LogP contribution >= 0.6 is 0 Å². The normalized spacial score (nSPS) is 11.9. The van der Waals surface area contributed by atoms with Crippen molar-refractivity contribution in [2.24, 2.45) is 0 Å². The zero-order valence-corrected chi connectivity index (χ0v) is 21.3. The van der Waals surface area contributed by atoms with E-state index in [0.717, 1.165) is 41.6 Å². The van der Waals surface area contributed by atoms with Gasteiger partial charge in [0, 0.05) is 24.6 Å². The number of aromatic amines is 2. The zero-order chi connectivity index (χ0) is 26.3. The molecule has 9 heteroatoms. The first kappa shape index (κ1) is 25.0. The number of carbonyl (C=O) groups excluding carboxylic acids is 2. The second-order valence-corrected chi connectivity index (χ2v) is 9.30. The summed E-state index contributed by atoms with van der Waals surface area (Å²) < 4.78 is 1.76. The molecule has 0 saturated carbocycles. The largest absolute Gasteiger partial charge is 0.359 e. The SMILES string of the molecule is CNC(=O)CCCCC[C@H](NC(=O)c1ccc(-n2cn[nH]2)cc1)c1ncc(-c2ccc3ccccc3c2)[nH]1. The minimum absolute atomic E-state index is 0.0454. The number of nitrogens with one attached hydrogen (secondary N) is 4. The molecule has 0 saturated heterocycles. The lowest BCUT2D eigenvalue weighted by molar-refractivity contribution is -0.120. The van der Waals surface area contributed by atoms with Crippen LogP contribution in [-0.4, -0.2) is 43.8 Å². The Balaban J connectivity index is 1.31. The smallest absolute Gasteiger partial charge is 0.251 e. The van der Waals surface area contributed by atoms with Crippen LogP contribution in [0.5, 0.6) is 0 Å². The van der Waals surface area contributed by atoms with E-state index in [2.05, 4.69) is 61.2 Å². The van der Waals surface area contributed by atoms with Gasteiger partial charge in [0.05, 0.1) is 23.6 Å². The Morgan fingerprint density at radius 2 is 1.76 bits per heavy atom. The van der Waals surface area contributed by atoms with E-state index in [1.807, 2.05) is 30.5 Å². The molecule has 0 aliphatic rings. The van der Waals surface area contributed by atoms with Gasteiger partial charge in [-0.25, -0.2) is 14.9 Å². The topological polar surface area (TPSA) is 120 Å². The van der Waals surface area contributed by atoms with Crippen molar-refractivity contribution in [3.63, 3.8) is 0 Å². The summed E-state index contributed by atoms with van der Waals surface area (Å²) in [7, 11) is 1.65. The molecule has 2 heterocycles. The third-order valence-corrected chi connectivity index (χ3v) is 6.71. The molecule has 0 spiro atoms. The lowest BCUT2D eigenvalue weighted by Crippen LogP contribution is -2.29. The highest BCUT2D eigenvalue weighted by molar-refractivity contribution is 5.94. The van der Waals surface area contributed by atoms with Crippen LogP contribution in [0.4, 0.5) is 0 Å².